The summed E-state index contributed by atoms with van der Waals surface area (Å²) in [6.45, 7) is 2.17. The number of aromatic nitrogens is 1. The van der Waals surface area contributed by atoms with Crippen LogP contribution in [0.3, 0.4) is 0 Å². The van der Waals surface area contributed by atoms with Gasteiger partial charge in [-0.25, -0.2) is 5.43 Å². The van der Waals surface area contributed by atoms with Crippen molar-refractivity contribution < 1.29 is 14.2 Å². The standard InChI is InChI=1S/C15H13Cl3N4O2/c1-6-4-8(6)9-3-2-7(24-9)5-20-22-15(23)13-10(16)12(19)11(17)14(18)21-13/h2-3,5-6,8H,4H2,1H3,(H2,19,21)(H,22,23)/p+1/b20-5-/t6-,8-/m0/s1. The molecule has 0 spiro atoms. The van der Waals surface area contributed by atoms with Crippen LogP contribution < -0.4 is 16.1 Å². The zero-order chi connectivity index (χ0) is 17.4. The summed E-state index contributed by atoms with van der Waals surface area (Å²) in [6, 6.07) is 3.72. The van der Waals surface area contributed by atoms with E-state index in [2.05, 4.69) is 22.4 Å². The molecule has 0 bridgehead atoms. The number of rotatable bonds is 4. The third-order valence-corrected chi connectivity index (χ3v) is 4.99. The highest BCUT2D eigenvalue weighted by molar-refractivity contribution is 6.45. The molecule has 9 heteroatoms. The minimum Gasteiger partial charge on any atom is -0.460 e. The quantitative estimate of drug-likeness (QED) is 0.476. The molecular weight excluding hydrogens is 375 g/mol. The minimum atomic E-state index is -0.607. The largest absolute Gasteiger partial charge is 0.460 e. The molecule has 2 atom stereocenters. The second kappa shape index (κ2) is 6.63. The number of nitrogen functional groups attached to an aromatic ring is 1. The Balaban J connectivity index is 1.68. The van der Waals surface area contributed by atoms with Crippen molar-refractivity contribution >= 4 is 52.6 Å². The molecule has 2 heterocycles. The number of nitrogens with one attached hydrogen (secondary N) is 2. The molecular formula is C15H14Cl3N4O2+. The molecule has 1 amide bonds. The molecule has 24 heavy (non-hydrogen) atoms. The molecule has 4 N–H and O–H groups in total. The predicted octanol–water partition coefficient (Wildman–Crippen LogP) is 3.52. The molecule has 1 fully saturated rings. The number of H-pyrrole nitrogens is 1. The van der Waals surface area contributed by atoms with Gasteiger partial charge in [0, 0.05) is 5.92 Å². The maximum absolute atomic E-state index is 12.1. The van der Waals surface area contributed by atoms with Gasteiger partial charge in [0.15, 0.2) is 0 Å². The molecule has 6 nitrogen and oxygen atoms in total. The molecule has 1 saturated carbocycles. The van der Waals surface area contributed by atoms with Gasteiger partial charge in [0.05, 0.1) is 11.9 Å². The van der Waals surface area contributed by atoms with E-state index in [0.29, 0.717) is 17.6 Å². The summed E-state index contributed by atoms with van der Waals surface area (Å²) in [4.78, 5) is 14.7. The van der Waals surface area contributed by atoms with Crippen LogP contribution in [0.4, 0.5) is 5.69 Å². The number of nitrogens with two attached hydrogens (primary N) is 1. The van der Waals surface area contributed by atoms with Gasteiger partial charge in [0.25, 0.3) is 10.8 Å². The summed E-state index contributed by atoms with van der Waals surface area (Å²) in [7, 11) is 0. The number of hydrogen-bond donors (Lipinski definition) is 2. The second-order valence-corrected chi connectivity index (χ2v) is 6.75. The van der Waals surface area contributed by atoms with Gasteiger partial charge in [-0.05, 0) is 36.1 Å². The van der Waals surface area contributed by atoms with Gasteiger partial charge >= 0.3 is 5.91 Å². The van der Waals surface area contributed by atoms with E-state index in [1.165, 1.54) is 6.21 Å². The van der Waals surface area contributed by atoms with E-state index in [1.54, 1.807) is 6.07 Å². The van der Waals surface area contributed by atoms with Gasteiger partial charge in [0.2, 0.25) is 0 Å². The zero-order valence-corrected chi connectivity index (χ0v) is 14.8. The van der Waals surface area contributed by atoms with Crippen LogP contribution in [0, 0.1) is 5.92 Å². The molecule has 0 aromatic carbocycles. The van der Waals surface area contributed by atoms with Crippen molar-refractivity contribution in [1.29, 1.82) is 0 Å². The van der Waals surface area contributed by atoms with Crippen LogP contribution in [0.25, 0.3) is 0 Å². The fraction of sp³-hybridized carbons (Fsp3) is 0.267. The Morgan fingerprint density at radius 2 is 2.12 bits per heavy atom. The number of nitrogens with zero attached hydrogens (tertiary/aromatic N) is 1. The number of amides is 1. The number of hydrazone groups is 1. The Bertz CT molecular complexity index is 834. The normalized spacial score (nSPS) is 19.7. The van der Waals surface area contributed by atoms with Crippen molar-refractivity contribution in [3.05, 3.63) is 44.5 Å². The van der Waals surface area contributed by atoms with Crippen LogP contribution in [0.2, 0.25) is 15.2 Å². The number of pyridine rings is 1. The Morgan fingerprint density at radius 1 is 1.42 bits per heavy atom. The summed E-state index contributed by atoms with van der Waals surface area (Å²) < 4.78 is 5.65. The summed E-state index contributed by atoms with van der Waals surface area (Å²) >= 11 is 17.7. The van der Waals surface area contributed by atoms with E-state index in [0.717, 1.165) is 12.2 Å². The van der Waals surface area contributed by atoms with E-state index < -0.39 is 5.91 Å². The van der Waals surface area contributed by atoms with E-state index in [-0.39, 0.29) is 26.6 Å². The molecule has 126 valence electrons. The summed E-state index contributed by atoms with van der Waals surface area (Å²) in [6.07, 6.45) is 2.54. The molecule has 0 aliphatic heterocycles. The number of carbonyl (C=O) groups excluding carboxylic acids is 1. The van der Waals surface area contributed by atoms with Crippen LogP contribution in [0.15, 0.2) is 21.7 Å². The van der Waals surface area contributed by atoms with Crippen LogP contribution >= 0.6 is 34.8 Å². The molecule has 1 aliphatic rings. The van der Waals surface area contributed by atoms with E-state index in [4.69, 9.17) is 45.0 Å². The van der Waals surface area contributed by atoms with Crippen molar-refractivity contribution in [2.45, 2.75) is 19.3 Å². The number of carbonyl (C=O) groups is 1. The Labute approximate surface area is 153 Å². The van der Waals surface area contributed by atoms with Gasteiger partial charge in [0.1, 0.15) is 21.6 Å². The first kappa shape index (κ1) is 17.1. The predicted molar refractivity (Wildman–Crippen MR) is 92.7 cm³/mol. The van der Waals surface area contributed by atoms with Gasteiger partial charge in [-0.3, -0.25) is 4.79 Å². The first-order valence-electron chi connectivity index (χ1n) is 7.17. The molecule has 0 saturated heterocycles. The van der Waals surface area contributed by atoms with Crippen molar-refractivity contribution in [2.24, 2.45) is 11.0 Å². The van der Waals surface area contributed by atoms with Gasteiger partial charge in [-0.1, -0.05) is 30.1 Å². The third kappa shape index (κ3) is 3.36. The minimum absolute atomic E-state index is 0.0157. The Morgan fingerprint density at radius 3 is 2.79 bits per heavy atom. The van der Waals surface area contributed by atoms with Crippen LogP contribution in [0.1, 0.15) is 41.3 Å². The molecule has 0 radical (unpaired) electrons. The van der Waals surface area contributed by atoms with Crippen molar-refractivity contribution in [3.8, 4) is 0 Å². The van der Waals surface area contributed by atoms with Gasteiger partial charge < -0.3 is 10.2 Å². The fourth-order valence-electron chi connectivity index (χ4n) is 2.29. The van der Waals surface area contributed by atoms with Crippen molar-refractivity contribution in [3.63, 3.8) is 0 Å². The Kier molecular flexibility index (Phi) is 4.71. The van der Waals surface area contributed by atoms with E-state index >= 15 is 0 Å². The monoisotopic (exact) mass is 387 g/mol. The van der Waals surface area contributed by atoms with Crippen LogP contribution in [0.5, 0.6) is 0 Å². The number of aromatic amines is 1. The highest BCUT2D eigenvalue weighted by Crippen LogP contribution is 2.47. The number of anilines is 1. The first-order valence-corrected chi connectivity index (χ1v) is 8.30. The lowest BCUT2D eigenvalue weighted by Crippen LogP contribution is -2.28. The summed E-state index contributed by atoms with van der Waals surface area (Å²) in [5.74, 6) is 2.01. The lowest BCUT2D eigenvalue weighted by atomic mass is 10.3. The molecule has 3 rings (SSSR count). The first-order chi connectivity index (χ1) is 11.4. The lowest BCUT2D eigenvalue weighted by molar-refractivity contribution is -0.379. The van der Waals surface area contributed by atoms with E-state index in [9.17, 15) is 4.79 Å². The molecule has 2 aromatic heterocycles. The summed E-state index contributed by atoms with van der Waals surface area (Å²) in [5.41, 5.74) is 7.99. The average molecular weight is 389 g/mol. The van der Waals surface area contributed by atoms with E-state index in [1.807, 2.05) is 6.07 Å². The molecule has 1 aliphatic carbocycles. The summed E-state index contributed by atoms with van der Waals surface area (Å²) in [5, 5.41) is 3.88. The molecule has 2 aromatic rings. The van der Waals surface area contributed by atoms with Gasteiger partial charge in [-0.2, -0.15) is 10.1 Å². The highest BCUT2D eigenvalue weighted by atomic mass is 35.5. The van der Waals surface area contributed by atoms with Crippen molar-refractivity contribution in [2.75, 3.05) is 5.73 Å². The number of hydrogen-bond acceptors (Lipinski definition) is 4. The lowest BCUT2D eigenvalue weighted by Gasteiger charge is -2.02. The van der Waals surface area contributed by atoms with Crippen LogP contribution in [-0.4, -0.2) is 12.1 Å². The smallest absolute Gasteiger partial charge is 0.337 e. The topological polar surface area (TPSA) is 94.8 Å². The molecule has 0 unspecified atom stereocenters. The third-order valence-electron chi connectivity index (χ3n) is 3.83. The zero-order valence-electron chi connectivity index (χ0n) is 12.6. The second-order valence-electron chi connectivity index (χ2n) is 5.61. The highest BCUT2D eigenvalue weighted by Gasteiger charge is 2.36. The maximum Gasteiger partial charge on any atom is 0.337 e. The SMILES string of the molecule is C[C@H]1C[C@@H]1c1ccc(/C=N\NC(=O)c2[nH+]c(Cl)c(Cl)c(N)c2Cl)o1. The average Bonchev–Trinajstić information content (AvgIpc) is 3.09. The maximum atomic E-state index is 12.1. The van der Waals surface area contributed by atoms with Crippen molar-refractivity contribution in [1.82, 2.24) is 5.43 Å². The van der Waals surface area contributed by atoms with Crippen LogP contribution in [-0.2, 0) is 0 Å². The van der Waals surface area contributed by atoms with Gasteiger partial charge in [-0.15, -0.1) is 0 Å². The Hall–Kier alpha value is -1.76. The number of furan rings is 1. The number of halogens is 3. The fourth-order valence-corrected chi connectivity index (χ4v) is 2.91.